The number of benzene rings is 1. The van der Waals surface area contributed by atoms with Crippen molar-refractivity contribution in [1.82, 2.24) is 15.1 Å². The number of rotatable bonds is 1. The van der Waals surface area contributed by atoms with E-state index in [9.17, 15) is 19.2 Å². The Morgan fingerprint density at radius 1 is 1.19 bits per heavy atom. The fourth-order valence-electron chi connectivity index (χ4n) is 4.31. The number of piperidine rings is 1. The molecule has 0 spiro atoms. The molecule has 8 heteroatoms. The average Bonchev–Trinajstić information content (AvgIpc) is 2.92. The van der Waals surface area contributed by atoms with Gasteiger partial charge in [-0.2, -0.15) is 0 Å². The van der Waals surface area contributed by atoms with E-state index in [0.29, 0.717) is 30.6 Å². The normalized spacial score (nSPS) is 22.9. The van der Waals surface area contributed by atoms with Crippen molar-refractivity contribution in [1.29, 1.82) is 0 Å². The molecule has 3 heterocycles. The Kier molecular flexibility index (Phi) is 5.21. The summed E-state index contributed by atoms with van der Waals surface area (Å²) >= 11 is 0. The third kappa shape index (κ3) is 3.88. The summed E-state index contributed by atoms with van der Waals surface area (Å²) in [5, 5.41) is 2.35. The number of fused-ring (bicyclic) bond motifs is 1. The first-order chi connectivity index (χ1) is 14.7. The highest BCUT2D eigenvalue weighted by Gasteiger charge is 2.48. The lowest BCUT2D eigenvalue weighted by molar-refractivity contribution is -0.137. The molecule has 162 valence electrons. The minimum Gasteiger partial charge on any atom is -0.355 e. The molecule has 4 rings (SSSR count). The van der Waals surface area contributed by atoms with E-state index >= 15 is 0 Å². The van der Waals surface area contributed by atoms with Crippen LogP contribution in [0, 0.1) is 17.4 Å². The number of imide groups is 1. The van der Waals surface area contributed by atoms with Crippen LogP contribution in [0.25, 0.3) is 0 Å². The van der Waals surface area contributed by atoms with Crippen LogP contribution in [0.2, 0.25) is 0 Å². The van der Waals surface area contributed by atoms with Gasteiger partial charge in [-0.1, -0.05) is 20.8 Å². The minimum absolute atomic E-state index is 0.201. The predicted octanol–water partition coefficient (Wildman–Crippen LogP) is 2.19. The molecular weight excluding hydrogens is 398 g/mol. The molecule has 8 nitrogen and oxygen atoms in total. The summed E-state index contributed by atoms with van der Waals surface area (Å²) < 4.78 is 4.99. The number of carbonyl (C=O) groups excluding carboxylic acids is 4. The predicted molar refractivity (Wildman–Crippen MR) is 111 cm³/mol. The van der Waals surface area contributed by atoms with Crippen LogP contribution < -0.4 is 5.32 Å². The maximum absolute atomic E-state index is 13.3. The summed E-state index contributed by atoms with van der Waals surface area (Å²) in [5.74, 6) is 1.85. The Morgan fingerprint density at radius 3 is 2.55 bits per heavy atom. The zero-order valence-corrected chi connectivity index (χ0v) is 17.9. The molecule has 0 aliphatic carbocycles. The van der Waals surface area contributed by atoms with E-state index < -0.39 is 18.0 Å². The van der Waals surface area contributed by atoms with Gasteiger partial charge < -0.3 is 14.5 Å². The lowest BCUT2D eigenvalue weighted by atomic mass is 9.81. The highest BCUT2D eigenvalue weighted by Crippen LogP contribution is 2.47. The van der Waals surface area contributed by atoms with Crippen LogP contribution in [0.5, 0.6) is 0 Å². The quantitative estimate of drug-likeness (QED) is 0.552. The Labute approximate surface area is 180 Å². The lowest BCUT2D eigenvalue weighted by Gasteiger charge is -2.40. The van der Waals surface area contributed by atoms with Crippen molar-refractivity contribution in [2.24, 2.45) is 5.41 Å². The molecule has 2 atom stereocenters. The molecule has 3 aliphatic rings. The maximum atomic E-state index is 13.3. The number of ether oxygens (including phenoxy) is 1. The molecule has 0 aromatic heterocycles. The zero-order chi connectivity index (χ0) is 22.3. The first-order valence-electron chi connectivity index (χ1n) is 10.4. The average molecular weight is 423 g/mol. The van der Waals surface area contributed by atoms with Crippen LogP contribution in [0.4, 0.5) is 4.79 Å². The largest absolute Gasteiger partial charge is 0.423 e. The summed E-state index contributed by atoms with van der Waals surface area (Å²) in [4.78, 5) is 52.3. The number of carbonyl (C=O) groups is 4. The van der Waals surface area contributed by atoms with Crippen LogP contribution in [0.3, 0.4) is 0 Å². The maximum Gasteiger partial charge on any atom is 0.423 e. The fourth-order valence-corrected chi connectivity index (χ4v) is 4.31. The van der Waals surface area contributed by atoms with E-state index in [1.165, 1.54) is 0 Å². The molecule has 2 unspecified atom stereocenters. The second kappa shape index (κ2) is 7.73. The van der Waals surface area contributed by atoms with Crippen molar-refractivity contribution in [3.63, 3.8) is 0 Å². The molecular formula is C23H25N3O5. The third-order valence-corrected chi connectivity index (χ3v) is 5.90. The molecule has 3 aliphatic heterocycles. The zero-order valence-electron chi connectivity index (χ0n) is 17.9. The van der Waals surface area contributed by atoms with Gasteiger partial charge in [0.2, 0.25) is 11.8 Å². The van der Waals surface area contributed by atoms with Gasteiger partial charge in [-0.05, 0) is 47.9 Å². The van der Waals surface area contributed by atoms with Crippen LogP contribution in [0.1, 0.15) is 67.6 Å². The Bertz CT molecular complexity index is 1030. The smallest absolute Gasteiger partial charge is 0.355 e. The molecule has 0 radical (unpaired) electrons. The first kappa shape index (κ1) is 20.9. The number of nitrogens with zero attached hydrogens (tertiary/aromatic N) is 2. The standard InChI is InChI=1S/C23H25N3O5/c1-23(2,3)19-16-13-14(9-12-31-22(30)25-10-4-11-25)5-6-15(16)21(29)26(19)17-7-8-18(27)24-20(17)28/h5-6,13,17,19H,4,7-8,10-11H2,1-3H3,(H,24,27,28). The molecule has 0 bridgehead atoms. The van der Waals surface area contributed by atoms with E-state index in [0.717, 1.165) is 12.0 Å². The van der Waals surface area contributed by atoms with Gasteiger partial charge in [0.15, 0.2) is 0 Å². The molecule has 31 heavy (non-hydrogen) atoms. The number of likely N-dealkylation sites (tertiary alicyclic amines) is 1. The summed E-state index contributed by atoms with van der Waals surface area (Å²) in [6, 6.07) is 4.16. The molecule has 1 N–H and O–H groups in total. The van der Waals surface area contributed by atoms with E-state index in [1.54, 1.807) is 21.9 Å². The van der Waals surface area contributed by atoms with Crippen LogP contribution >= 0.6 is 0 Å². The minimum atomic E-state index is -0.700. The summed E-state index contributed by atoms with van der Waals surface area (Å²) in [7, 11) is 0. The lowest BCUT2D eigenvalue weighted by Crippen LogP contribution is -2.54. The van der Waals surface area contributed by atoms with Crippen molar-refractivity contribution >= 4 is 23.8 Å². The van der Waals surface area contributed by atoms with Gasteiger partial charge in [-0.3, -0.25) is 19.7 Å². The van der Waals surface area contributed by atoms with Gasteiger partial charge in [0, 0.05) is 30.6 Å². The highest BCUT2D eigenvalue weighted by atomic mass is 16.5. The van der Waals surface area contributed by atoms with E-state index in [1.807, 2.05) is 26.8 Å². The van der Waals surface area contributed by atoms with Gasteiger partial charge in [-0.15, -0.1) is 0 Å². The summed E-state index contributed by atoms with van der Waals surface area (Å²) in [6.07, 6.45) is 3.47. The van der Waals surface area contributed by atoms with Crippen molar-refractivity contribution < 1.29 is 23.9 Å². The highest BCUT2D eigenvalue weighted by molar-refractivity contribution is 6.06. The second-order valence-electron chi connectivity index (χ2n) is 9.19. The third-order valence-electron chi connectivity index (χ3n) is 5.90. The van der Waals surface area contributed by atoms with E-state index in [-0.39, 0.29) is 29.7 Å². The monoisotopic (exact) mass is 423 g/mol. The van der Waals surface area contributed by atoms with Gasteiger partial charge in [0.25, 0.3) is 5.91 Å². The first-order valence-corrected chi connectivity index (χ1v) is 10.4. The summed E-state index contributed by atoms with van der Waals surface area (Å²) in [6.45, 7) is 7.39. The van der Waals surface area contributed by atoms with Gasteiger partial charge in [0.05, 0.1) is 6.04 Å². The van der Waals surface area contributed by atoms with Gasteiger partial charge >= 0.3 is 6.09 Å². The molecule has 0 saturated carbocycles. The Morgan fingerprint density at radius 2 is 1.94 bits per heavy atom. The SMILES string of the molecule is CC(C)(C)C1c2cc(C#COC(=O)N3CCC3)ccc2C(=O)N1C1CCC(=O)NC1=O. The second-order valence-corrected chi connectivity index (χ2v) is 9.19. The topological polar surface area (TPSA) is 96.0 Å². The molecule has 2 fully saturated rings. The Balaban J connectivity index is 1.62. The number of hydrogen-bond acceptors (Lipinski definition) is 5. The molecule has 1 aromatic rings. The fraction of sp³-hybridized carbons (Fsp3) is 0.478. The molecule has 4 amide bonds. The number of amides is 4. The van der Waals surface area contributed by atoms with Crippen molar-refractivity contribution in [3.05, 3.63) is 34.9 Å². The van der Waals surface area contributed by atoms with Crippen molar-refractivity contribution in [2.45, 2.75) is 52.1 Å². The number of hydrogen-bond donors (Lipinski definition) is 1. The van der Waals surface area contributed by atoms with E-state index in [2.05, 4.69) is 17.3 Å². The summed E-state index contributed by atoms with van der Waals surface area (Å²) in [5.41, 5.74) is 1.55. The van der Waals surface area contributed by atoms with Crippen LogP contribution in [0.15, 0.2) is 18.2 Å². The van der Waals surface area contributed by atoms with Crippen molar-refractivity contribution in [3.8, 4) is 12.0 Å². The van der Waals surface area contributed by atoms with Gasteiger partial charge in [0.1, 0.15) is 12.1 Å². The number of nitrogens with one attached hydrogen (secondary N) is 1. The van der Waals surface area contributed by atoms with Crippen LogP contribution in [-0.4, -0.2) is 52.7 Å². The molecule has 2 saturated heterocycles. The van der Waals surface area contributed by atoms with Crippen LogP contribution in [-0.2, 0) is 14.3 Å². The van der Waals surface area contributed by atoms with E-state index in [4.69, 9.17) is 4.74 Å². The Hall–Kier alpha value is -3.34. The van der Waals surface area contributed by atoms with Gasteiger partial charge in [-0.25, -0.2) is 4.79 Å². The molecule has 1 aromatic carbocycles. The van der Waals surface area contributed by atoms with Crippen molar-refractivity contribution in [2.75, 3.05) is 13.1 Å².